The zero-order valence-electron chi connectivity index (χ0n) is 15.8. The van der Waals surface area contributed by atoms with E-state index in [1.807, 2.05) is 24.3 Å². The van der Waals surface area contributed by atoms with Gasteiger partial charge in [-0.2, -0.15) is 0 Å². The van der Waals surface area contributed by atoms with E-state index in [-0.39, 0.29) is 16.4 Å². The van der Waals surface area contributed by atoms with E-state index < -0.39 is 10.0 Å². The van der Waals surface area contributed by atoms with Crippen LogP contribution in [0.15, 0.2) is 83.8 Å². The van der Waals surface area contributed by atoms with Gasteiger partial charge in [0.25, 0.3) is 15.9 Å². The Morgan fingerprint density at radius 1 is 0.893 bits per heavy atom. The van der Waals surface area contributed by atoms with Crippen molar-refractivity contribution in [1.29, 1.82) is 0 Å². The smallest absolute Gasteiger partial charge is 0.264 e. The largest absolute Gasteiger partial charge is 0.322 e. The molecule has 144 valence electrons. The molecule has 1 amide bonds. The van der Waals surface area contributed by atoms with E-state index in [0.717, 1.165) is 10.7 Å². The number of hydrogen-bond donors (Lipinski definition) is 1. The first-order chi connectivity index (χ1) is 13.4. The molecule has 0 heterocycles. The number of nitrogens with one attached hydrogen (secondary N) is 1. The van der Waals surface area contributed by atoms with Crippen molar-refractivity contribution in [2.24, 2.45) is 0 Å². The molecule has 0 bridgehead atoms. The van der Waals surface area contributed by atoms with Crippen molar-refractivity contribution in [3.05, 3.63) is 90.0 Å². The number of carbonyl (C=O) groups is 1. The molecule has 1 N–H and O–H groups in total. The van der Waals surface area contributed by atoms with Gasteiger partial charge in [0.2, 0.25) is 0 Å². The van der Waals surface area contributed by atoms with Gasteiger partial charge in [-0.15, -0.1) is 0 Å². The van der Waals surface area contributed by atoms with Crippen LogP contribution in [0.3, 0.4) is 0 Å². The summed E-state index contributed by atoms with van der Waals surface area (Å²) < 4.78 is 27.0. The molecule has 0 aliphatic heterocycles. The number of rotatable bonds is 6. The van der Waals surface area contributed by atoms with Gasteiger partial charge in [-0.3, -0.25) is 9.10 Å². The van der Waals surface area contributed by atoms with Gasteiger partial charge in [0, 0.05) is 12.7 Å². The molecule has 28 heavy (non-hydrogen) atoms. The molecule has 3 aromatic carbocycles. The van der Waals surface area contributed by atoms with E-state index in [1.165, 1.54) is 24.7 Å². The minimum atomic E-state index is -3.78. The summed E-state index contributed by atoms with van der Waals surface area (Å²) in [7, 11) is -2.33. The Bertz CT molecular complexity index is 1060. The van der Waals surface area contributed by atoms with Crippen molar-refractivity contribution in [3.8, 4) is 0 Å². The topological polar surface area (TPSA) is 66.5 Å². The van der Waals surface area contributed by atoms with Crippen LogP contribution in [-0.4, -0.2) is 21.4 Å². The van der Waals surface area contributed by atoms with Gasteiger partial charge < -0.3 is 5.32 Å². The average Bonchev–Trinajstić information content (AvgIpc) is 2.74. The first kappa shape index (κ1) is 19.6. The Morgan fingerprint density at radius 3 is 2.14 bits per heavy atom. The summed E-state index contributed by atoms with van der Waals surface area (Å²) in [5.74, 6) is -0.366. The summed E-state index contributed by atoms with van der Waals surface area (Å²) in [6.45, 7) is 2.06. The lowest BCUT2D eigenvalue weighted by Gasteiger charge is -2.22. The maximum absolute atomic E-state index is 12.9. The third-order valence-corrected chi connectivity index (χ3v) is 6.30. The van der Waals surface area contributed by atoms with E-state index in [2.05, 4.69) is 12.2 Å². The normalized spacial score (nSPS) is 11.1. The quantitative estimate of drug-likeness (QED) is 0.677. The maximum atomic E-state index is 12.9. The fourth-order valence-corrected chi connectivity index (χ4v) is 4.08. The predicted molar refractivity (Wildman–Crippen MR) is 112 cm³/mol. The summed E-state index contributed by atoms with van der Waals surface area (Å²) in [6.07, 6.45) is 0.916. The molecule has 3 aromatic rings. The van der Waals surface area contributed by atoms with Crippen LogP contribution in [0.25, 0.3) is 0 Å². The van der Waals surface area contributed by atoms with Crippen LogP contribution in [0.1, 0.15) is 22.8 Å². The Balaban J connectivity index is 1.91. The predicted octanol–water partition coefficient (Wildman–Crippen LogP) is 4.33. The molecule has 0 atom stereocenters. The molecule has 0 saturated carbocycles. The van der Waals surface area contributed by atoms with Crippen molar-refractivity contribution >= 4 is 27.3 Å². The lowest BCUT2D eigenvalue weighted by atomic mass is 10.1. The van der Waals surface area contributed by atoms with Gasteiger partial charge >= 0.3 is 0 Å². The van der Waals surface area contributed by atoms with Gasteiger partial charge in [-0.25, -0.2) is 8.42 Å². The van der Waals surface area contributed by atoms with E-state index in [0.29, 0.717) is 11.4 Å². The third-order valence-electron chi connectivity index (χ3n) is 4.51. The first-order valence-corrected chi connectivity index (χ1v) is 10.4. The lowest BCUT2D eigenvalue weighted by molar-refractivity contribution is 0.102. The van der Waals surface area contributed by atoms with E-state index in [4.69, 9.17) is 0 Å². The monoisotopic (exact) mass is 394 g/mol. The number of benzene rings is 3. The molecule has 0 spiro atoms. The molecule has 0 saturated heterocycles. The van der Waals surface area contributed by atoms with Gasteiger partial charge in [-0.05, 0) is 48.4 Å². The first-order valence-electron chi connectivity index (χ1n) is 8.97. The molecule has 6 heteroatoms. The zero-order valence-corrected chi connectivity index (χ0v) is 16.6. The number of sulfonamides is 1. The molecule has 0 aromatic heterocycles. The van der Waals surface area contributed by atoms with Crippen LogP contribution >= 0.6 is 0 Å². The fourth-order valence-electron chi connectivity index (χ4n) is 2.84. The molecule has 0 fully saturated rings. The number of aryl methyl sites for hydroxylation is 1. The number of amides is 1. The number of para-hydroxylation sites is 1. The molecule has 0 aliphatic rings. The highest BCUT2D eigenvalue weighted by atomic mass is 32.2. The van der Waals surface area contributed by atoms with Crippen LogP contribution in [0, 0.1) is 0 Å². The van der Waals surface area contributed by atoms with E-state index in [9.17, 15) is 13.2 Å². The molecule has 5 nitrogen and oxygen atoms in total. The van der Waals surface area contributed by atoms with Crippen molar-refractivity contribution in [2.75, 3.05) is 16.7 Å². The van der Waals surface area contributed by atoms with Gasteiger partial charge in [-0.1, -0.05) is 49.4 Å². The number of carbonyl (C=O) groups excluding carboxylic acids is 1. The van der Waals surface area contributed by atoms with E-state index in [1.54, 1.807) is 42.5 Å². The molecule has 0 aliphatic carbocycles. The summed E-state index contributed by atoms with van der Waals surface area (Å²) in [5.41, 5.74) is 2.43. The summed E-state index contributed by atoms with van der Waals surface area (Å²) in [4.78, 5) is 13.0. The van der Waals surface area contributed by atoms with Crippen LogP contribution in [-0.2, 0) is 16.4 Å². The van der Waals surface area contributed by atoms with Crippen molar-refractivity contribution in [3.63, 3.8) is 0 Å². The fraction of sp³-hybridized carbons (Fsp3) is 0.136. The van der Waals surface area contributed by atoms with Crippen molar-refractivity contribution in [2.45, 2.75) is 18.2 Å². The Hall–Kier alpha value is -3.12. The molecular weight excluding hydrogens is 372 g/mol. The zero-order chi connectivity index (χ0) is 20.1. The molecular formula is C22H22N2O3S. The second kappa shape index (κ2) is 8.27. The number of nitrogens with zero attached hydrogens (tertiary/aromatic N) is 1. The van der Waals surface area contributed by atoms with Crippen LogP contribution in [0.2, 0.25) is 0 Å². The molecule has 0 unspecified atom stereocenters. The van der Waals surface area contributed by atoms with Crippen LogP contribution in [0.5, 0.6) is 0 Å². The minimum Gasteiger partial charge on any atom is -0.322 e. The van der Waals surface area contributed by atoms with Crippen LogP contribution in [0.4, 0.5) is 11.4 Å². The average molecular weight is 394 g/mol. The van der Waals surface area contributed by atoms with Crippen molar-refractivity contribution in [1.82, 2.24) is 0 Å². The number of hydrogen-bond acceptors (Lipinski definition) is 3. The third kappa shape index (κ3) is 4.07. The maximum Gasteiger partial charge on any atom is 0.264 e. The molecule has 0 radical (unpaired) electrons. The second-order valence-corrected chi connectivity index (χ2v) is 8.28. The van der Waals surface area contributed by atoms with E-state index >= 15 is 0 Å². The Kier molecular flexibility index (Phi) is 5.80. The lowest BCUT2D eigenvalue weighted by Crippen LogP contribution is -2.29. The van der Waals surface area contributed by atoms with Gasteiger partial charge in [0.15, 0.2) is 0 Å². The Labute approximate surface area is 165 Å². The summed E-state index contributed by atoms with van der Waals surface area (Å²) in [5, 5.41) is 2.84. The minimum absolute atomic E-state index is 0.169. The second-order valence-electron chi connectivity index (χ2n) is 6.31. The Morgan fingerprint density at radius 2 is 1.50 bits per heavy atom. The summed E-state index contributed by atoms with van der Waals surface area (Å²) in [6, 6.07) is 22.4. The van der Waals surface area contributed by atoms with Gasteiger partial charge in [0.1, 0.15) is 0 Å². The standard InChI is InChI=1S/C22H22N2O3S/c1-3-17-13-15-18(16-14-17)23-22(25)20-11-7-8-12-21(20)24(2)28(26,27)19-9-5-4-6-10-19/h4-16H,3H2,1-2H3,(H,23,25). The van der Waals surface area contributed by atoms with Gasteiger partial charge in [0.05, 0.1) is 16.1 Å². The SMILES string of the molecule is CCc1ccc(NC(=O)c2ccccc2N(C)S(=O)(=O)c2ccccc2)cc1. The summed E-state index contributed by atoms with van der Waals surface area (Å²) >= 11 is 0. The number of anilines is 2. The highest BCUT2D eigenvalue weighted by Gasteiger charge is 2.24. The highest BCUT2D eigenvalue weighted by molar-refractivity contribution is 7.92. The van der Waals surface area contributed by atoms with Crippen LogP contribution < -0.4 is 9.62 Å². The highest BCUT2D eigenvalue weighted by Crippen LogP contribution is 2.26. The van der Waals surface area contributed by atoms with Crippen molar-refractivity contribution < 1.29 is 13.2 Å². The molecule has 3 rings (SSSR count).